The Hall–Kier alpha value is 0.200. The van der Waals surface area contributed by atoms with E-state index in [0.717, 1.165) is 12.8 Å². The first-order chi connectivity index (χ1) is 7.46. The Balaban J connectivity index is 1.78. The first kappa shape index (κ1) is 12.7. The van der Waals surface area contributed by atoms with Crippen molar-refractivity contribution in [2.45, 2.75) is 38.7 Å². The maximum absolute atomic E-state index is 11.1. The van der Waals surface area contributed by atoms with Crippen LogP contribution in [0.1, 0.15) is 32.6 Å². The largest absolute Gasteiger partial charge is 0.378 e. The number of rotatable bonds is 7. The molecule has 0 radical (unpaired) electrons. The minimum atomic E-state index is -3.39. The highest BCUT2D eigenvalue weighted by molar-refractivity contribution is 8.13. The van der Waals surface area contributed by atoms with Crippen LogP contribution in [0, 0.1) is 17.8 Å². The minimum Gasteiger partial charge on any atom is -0.378 e. The fourth-order valence-corrected chi connectivity index (χ4v) is 3.49. The molecule has 16 heavy (non-hydrogen) atoms. The quantitative estimate of drug-likeness (QED) is 0.665. The van der Waals surface area contributed by atoms with E-state index in [1.165, 1.54) is 12.8 Å². The summed E-state index contributed by atoms with van der Waals surface area (Å²) in [6, 6.07) is 0. The molecule has 2 aliphatic rings. The van der Waals surface area contributed by atoms with Crippen LogP contribution >= 0.6 is 10.7 Å². The molecule has 0 bridgehead atoms. The molecule has 94 valence electrons. The molecule has 0 aromatic carbocycles. The Morgan fingerprint density at radius 1 is 1.25 bits per heavy atom. The van der Waals surface area contributed by atoms with E-state index in [0.29, 0.717) is 18.4 Å². The molecule has 2 rings (SSSR count). The molecule has 0 heterocycles. The molecule has 2 unspecified atom stereocenters. The van der Waals surface area contributed by atoms with Gasteiger partial charge >= 0.3 is 0 Å². The molecule has 2 fully saturated rings. The molecular formula is C11H19ClO3S. The summed E-state index contributed by atoms with van der Waals surface area (Å²) in [5.74, 6) is 1.38. The summed E-state index contributed by atoms with van der Waals surface area (Å²) in [7, 11) is 1.92. The van der Waals surface area contributed by atoms with Crippen molar-refractivity contribution < 1.29 is 13.2 Å². The Morgan fingerprint density at radius 2 is 1.81 bits per heavy atom. The van der Waals surface area contributed by atoms with Crippen LogP contribution in [0.25, 0.3) is 0 Å². The maximum Gasteiger partial charge on any atom is 0.232 e. The van der Waals surface area contributed by atoms with Crippen molar-refractivity contribution in [1.82, 2.24) is 0 Å². The molecule has 0 spiro atoms. The average molecular weight is 267 g/mol. The predicted octanol–water partition coefficient (Wildman–Crippen LogP) is 2.40. The van der Waals surface area contributed by atoms with Crippen LogP contribution in [-0.2, 0) is 13.8 Å². The van der Waals surface area contributed by atoms with Gasteiger partial charge in [0.05, 0.1) is 18.5 Å². The van der Waals surface area contributed by atoms with E-state index in [-0.39, 0.29) is 17.8 Å². The normalized spacial score (nSPS) is 25.4. The third-order valence-corrected chi connectivity index (χ3v) is 4.77. The van der Waals surface area contributed by atoms with Gasteiger partial charge in [-0.3, -0.25) is 0 Å². The summed E-state index contributed by atoms with van der Waals surface area (Å²) in [5, 5.41) is 0. The smallest absolute Gasteiger partial charge is 0.232 e. The van der Waals surface area contributed by atoms with Gasteiger partial charge in [0.2, 0.25) is 9.05 Å². The Morgan fingerprint density at radius 3 is 2.25 bits per heavy atom. The first-order valence-corrected chi connectivity index (χ1v) is 8.47. The molecule has 2 atom stereocenters. The molecule has 0 aromatic heterocycles. The molecule has 0 N–H and O–H groups in total. The molecular weight excluding hydrogens is 248 g/mol. The van der Waals surface area contributed by atoms with Gasteiger partial charge in [-0.2, -0.15) is 0 Å². The molecule has 0 aromatic rings. The third kappa shape index (κ3) is 4.22. The lowest BCUT2D eigenvalue weighted by Gasteiger charge is -2.18. The monoisotopic (exact) mass is 266 g/mol. The Kier molecular flexibility index (Phi) is 3.82. The highest BCUT2D eigenvalue weighted by atomic mass is 35.7. The van der Waals surface area contributed by atoms with Gasteiger partial charge in [-0.25, -0.2) is 8.42 Å². The van der Waals surface area contributed by atoms with Gasteiger partial charge in [-0.05, 0) is 44.4 Å². The van der Waals surface area contributed by atoms with Crippen molar-refractivity contribution in [1.29, 1.82) is 0 Å². The summed E-state index contributed by atoms with van der Waals surface area (Å²) in [5.41, 5.74) is 0. The SMILES string of the molecule is CC(OCC(CS(=O)(=O)Cl)C1CC1)C1CC1. The van der Waals surface area contributed by atoms with Crippen LogP contribution in [0.3, 0.4) is 0 Å². The molecule has 2 aliphatic carbocycles. The van der Waals surface area contributed by atoms with Gasteiger partial charge in [0.15, 0.2) is 0 Å². The Bertz CT molecular complexity index is 333. The van der Waals surface area contributed by atoms with E-state index in [4.69, 9.17) is 15.4 Å². The lowest BCUT2D eigenvalue weighted by molar-refractivity contribution is 0.0273. The summed E-state index contributed by atoms with van der Waals surface area (Å²) < 4.78 is 27.9. The van der Waals surface area contributed by atoms with E-state index in [2.05, 4.69) is 6.92 Å². The molecule has 0 amide bonds. The molecule has 0 aliphatic heterocycles. The fraction of sp³-hybridized carbons (Fsp3) is 1.00. The molecule has 2 saturated carbocycles. The topological polar surface area (TPSA) is 43.4 Å². The maximum atomic E-state index is 11.1. The van der Waals surface area contributed by atoms with Gasteiger partial charge in [-0.1, -0.05) is 0 Å². The predicted molar refractivity (Wildman–Crippen MR) is 64.0 cm³/mol. The molecule has 5 heteroatoms. The third-order valence-electron chi connectivity index (χ3n) is 3.56. The van der Waals surface area contributed by atoms with Gasteiger partial charge in [0, 0.05) is 16.6 Å². The van der Waals surface area contributed by atoms with E-state index in [1.54, 1.807) is 0 Å². The summed E-state index contributed by atoms with van der Waals surface area (Å²) in [6.45, 7) is 2.63. The second-order valence-electron chi connectivity index (χ2n) is 5.18. The van der Waals surface area contributed by atoms with Crippen LogP contribution in [0.15, 0.2) is 0 Å². The Labute approximate surface area is 102 Å². The van der Waals surface area contributed by atoms with Crippen molar-refractivity contribution in [3.63, 3.8) is 0 Å². The van der Waals surface area contributed by atoms with Crippen LogP contribution in [0.2, 0.25) is 0 Å². The van der Waals surface area contributed by atoms with E-state index in [9.17, 15) is 8.42 Å². The van der Waals surface area contributed by atoms with Crippen molar-refractivity contribution in [3.05, 3.63) is 0 Å². The van der Waals surface area contributed by atoms with Crippen molar-refractivity contribution in [2.24, 2.45) is 17.8 Å². The highest BCUT2D eigenvalue weighted by Gasteiger charge is 2.35. The zero-order valence-electron chi connectivity index (χ0n) is 9.56. The van der Waals surface area contributed by atoms with Crippen molar-refractivity contribution >= 4 is 19.7 Å². The lowest BCUT2D eigenvalue weighted by atomic mass is 10.1. The van der Waals surface area contributed by atoms with Crippen molar-refractivity contribution in [3.8, 4) is 0 Å². The number of ether oxygens (including phenoxy) is 1. The molecule has 3 nitrogen and oxygen atoms in total. The van der Waals surface area contributed by atoms with Gasteiger partial charge in [0.25, 0.3) is 0 Å². The van der Waals surface area contributed by atoms with E-state index < -0.39 is 9.05 Å². The summed E-state index contributed by atoms with van der Waals surface area (Å²) in [4.78, 5) is 0. The first-order valence-electron chi connectivity index (χ1n) is 5.99. The second kappa shape index (κ2) is 4.83. The average Bonchev–Trinajstić information content (AvgIpc) is 3.03. The highest BCUT2D eigenvalue weighted by Crippen LogP contribution is 2.39. The van der Waals surface area contributed by atoms with Gasteiger partial charge in [0.1, 0.15) is 0 Å². The summed E-state index contributed by atoms with van der Waals surface area (Å²) in [6.07, 6.45) is 5.03. The van der Waals surface area contributed by atoms with Crippen LogP contribution < -0.4 is 0 Å². The van der Waals surface area contributed by atoms with Crippen molar-refractivity contribution in [2.75, 3.05) is 12.4 Å². The summed E-state index contributed by atoms with van der Waals surface area (Å²) >= 11 is 0. The van der Waals surface area contributed by atoms with Crippen LogP contribution in [0.4, 0.5) is 0 Å². The van der Waals surface area contributed by atoms with Gasteiger partial charge < -0.3 is 4.74 Å². The van der Waals surface area contributed by atoms with Crippen LogP contribution in [0.5, 0.6) is 0 Å². The standard InChI is InChI=1S/C11H19ClO3S/c1-8(9-2-3-9)15-6-11(10-4-5-10)7-16(12,13)14/h8-11H,2-7H2,1H3. The van der Waals surface area contributed by atoms with Crippen LogP contribution in [-0.4, -0.2) is 26.9 Å². The zero-order chi connectivity index (χ0) is 11.8. The lowest BCUT2D eigenvalue weighted by Crippen LogP contribution is -2.23. The fourth-order valence-electron chi connectivity index (χ4n) is 2.12. The van der Waals surface area contributed by atoms with Gasteiger partial charge in [-0.15, -0.1) is 0 Å². The van der Waals surface area contributed by atoms with E-state index >= 15 is 0 Å². The number of hydrogen-bond donors (Lipinski definition) is 0. The number of hydrogen-bond acceptors (Lipinski definition) is 3. The molecule has 0 saturated heterocycles. The minimum absolute atomic E-state index is 0.0661. The second-order valence-corrected chi connectivity index (χ2v) is 8.00. The number of halogens is 1. The zero-order valence-corrected chi connectivity index (χ0v) is 11.1. The van der Waals surface area contributed by atoms with E-state index in [1.807, 2.05) is 0 Å².